The van der Waals surface area contributed by atoms with Gasteiger partial charge >= 0.3 is 12.1 Å². The van der Waals surface area contributed by atoms with Crippen LogP contribution in [0.1, 0.15) is 46.1 Å². The number of amides is 2. The Morgan fingerprint density at radius 3 is 2.64 bits per heavy atom. The number of likely N-dealkylation sites (N-methyl/N-ethyl adjacent to an activating group) is 1. The zero-order valence-corrected chi connectivity index (χ0v) is 27.8. The molecule has 3 aliphatic heterocycles. The molecule has 0 aliphatic carbocycles. The third-order valence-electron chi connectivity index (χ3n) is 9.00. The molecule has 4 rings (SSSR count). The Balaban J connectivity index is 1.80. The van der Waals surface area contributed by atoms with Gasteiger partial charge in [0.25, 0.3) is 0 Å². The number of fused-ring (bicyclic) bond motifs is 5. The van der Waals surface area contributed by atoms with Gasteiger partial charge < -0.3 is 39.0 Å². The maximum atomic E-state index is 13.8. The fourth-order valence-corrected chi connectivity index (χ4v) is 6.28. The topological polar surface area (TPSA) is 148 Å². The molecule has 0 radical (unpaired) electrons. The Hall–Kier alpha value is -3.16. The van der Waals surface area contributed by atoms with Crippen LogP contribution in [-0.2, 0) is 35.0 Å². The average molecular weight is 650 g/mol. The highest BCUT2D eigenvalue weighted by Crippen LogP contribution is 2.49. The van der Waals surface area contributed by atoms with Gasteiger partial charge in [-0.1, -0.05) is 42.3 Å². The number of benzene rings is 1. The van der Waals surface area contributed by atoms with E-state index in [1.807, 2.05) is 26.0 Å². The van der Waals surface area contributed by atoms with Crippen molar-refractivity contribution in [3.05, 3.63) is 46.5 Å². The molecule has 3 aliphatic rings. The largest absolute Gasteiger partial charge is 0.495 e. The molecule has 2 fully saturated rings. The summed E-state index contributed by atoms with van der Waals surface area (Å²) in [6.07, 6.45) is 1.52. The highest BCUT2D eigenvalue weighted by atomic mass is 35.5. The molecule has 12 nitrogen and oxygen atoms in total. The van der Waals surface area contributed by atoms with E-state index in [1.165, 1.54) is 19.1 Å². The van der Waals surface area contributed by atoms with Crippen molar-refractivity contribution in [1.82, 2.24) is 10.6 Å². The maximum Gasteiger partial charge on any atom is 0.409 e. The summed E-state index contributed by atoms with van der Waals surface area (Å²) in [5.74, 6) is -0.974. The molecule has 1 aromatic rings. The van der Waals surface area contributed by atoms with Crippen molar-refractivity contribution < 1.29 is 43.2 Å². The number of rotatable bonds is 5. The number of hydrogen-bond acceptors (Lipinski definition) is 10. The lowest BCUT2D eigenvalue weighted by Gasteiger charge is -2.42. The van der Waals surface area contributed by atoms with Crippen LogP contribution in [0, 0.1) is 5.92 Å². The Morgan fingerprint density at radius 1 is 1.29 bits per heavy atom. The van der Waals surface area contributed by atoms with Gasteiger partial charge in [0, 0.05) is 26.5 Å². The van der Waals surface area contributed by atoms with Gasteiger partial charge in [0.2, 0.25) is 5.91 Å². The number of aliphatic hydroxyl groups is 1. The number of halogens is 1. The minimum atomic E-state index is -1.78. The SMILES string of the molecule is CN[C@@H](C)C(=O)O[C@H]1CC(=O)N(C)c2cc(cc(OC)c2Cl)CC(C)=CC=C[C@@H](OC)[C@@]2(O)C[C@H](OC(=O)N2)C(C)C2O[C@]21C. The number of nitrogens with zero attached hydrogens (tertiary/aromatic N) is 1. The normalized spacial score (nSPS) is 32.9. The van der Waals surface area contributed by atoms with Crippen LogP contribution in [0.3, 0.4) is 0 Å². The Bertz CT molecular complexity index is 1370. The predicted molar refractivity (Wildman–Crippen MR) is 167 cm³/mol. The first-order chi connectivity index (χ1) is 21.2. The lowest BCUT2D eigenvalue weighted by atomic mass is 9.83. The third kappa shape index (κ3) is 7.30. The molecule has 2 saturated heterocycles. The number of epoxide rings is 1. The van der Waals surface area contributed by atoms with E-state index in [1.54, 1.807) is 46.2 Å². The van der Waals surface area contributed by atoms with Crippen molar-refractivity contribution in [2.75, 3.05) is 33.2 Å². The van der Waals surface area contributed by atoms with Crippen molar-refractivity contribution in [3.8, 4) is 5.75 Å². The van der Waals surface area contributed by atoms with Gasteiger partial charge in [0.15, 0.2) is 5.72 Å². The van der Waals surface area contributed by atoms with E-state index in [2.05, 4.69) is 10.6 Å². The van der Waals surface area contributed by atoms with Crippen LogP contribution >= 0.6 is 11.6 Å². The summed E-state index contributed by atoms with van der Waals surface area (Å²) >= 11 is 6.69. The number of alkyl carbamates (subject to hydrolysis) is 1. The zero-order valence-electron chi connectivity index (χ0n) is 27.0. The van der Waals surface area contributed by atoms with Gasteiger partial charge in [-0.3, -0.25) is 14.9 Å². The summed E-state index contributed by atoms with van der Waals surface area (Å²) in [4.78, 5) is 40.9. The first-order valence-corrected chi connectivity index (χ1v) is 15.3. The molecular formula is C32H44ClN3O9. The van der Waals surface area contributed by atoms with E-state index in [0.717, 1.165) is 11.1 Å². The molecule has 0 saturated carbocycles. The first kappa shape index (κ1) is 34.7. The number of carbonyl (C=O) groups is 3. The molecule has 248 valence electrons. The van der Waals surface area contributed by atoms with Crippen molar-refractivity contribution in [3.63, 3.8) is 0 Å². The Labute approximate surface area is 269 Å². The van der Waals surface area contributed by atoms with Crippen LogP contribution in [-0.4, -0.2) is 93.2 Å². The number of carbonyl (C=O) groups excluding carboxylic acids is 3. The van der Waals surface area contributed by atoms with E-state index in [9.17, 15) is 19.5 Å². The van der Waals surface area contributed by atoms with Gasteiger partial charge in [-0.2, -0.15) is 0 Å². The monoisotopic (exact) mass is 649 g/mol. The number of hydrogen-bond donors (Lipinski definition) is 3. The highest BCUT2D eigenvalue weighted by molar-refractivity contribution is 6.35. The third-order valence-corrected chi connectivity index (χ3v) is 9.38. The molecule has 45 heavy (non-hydrogen) atoms. The number of allylic oxidation sites excluding steroid dienone is 3. The fraction of sp³-hybridized carbons (Fsp3) is 0.594. The number of anilines is 1. The molecule has 2 amide bonds. The van der Waals surface area contributed by atoms with E-state index in [4.69, 9.17) is 35.3 Å². The predicted octanol–water partition coefficient (Wildman–Crippen LogP) is 3.28. The number of ether oxygens (including phenoxy) is 5. The summed E-state index contributed by atoms with van der Waals surface area (Å²) in [7, 11) is 6.18. The lowest BCUT2D eigenvalue weighted by Crippen LogP contribution is -2.63. The highest BCUT2D eigenvalue weighted by Gasteiger charge is 2.64. The van der Waals surface area contributed by atoms with Crippen LogP contribution in [0.15, 0.2) is 35.9 Å². The molecule has 2 unspecified atom stereocenters. The Kier molecular flexibility index (Phi) is 10.6. The summed E-state index contributed by atoms with van der Waals surface area (Å²) in [5, 5.41) is 17.2. The summed E-state index contributed by atoms with van der Waals surface area (Å²) in [5.41, 5.74) is -0.646. The van der Waals surface area contributed by atoms with Gasteiger partial charge in [-0.15, -0.1) is 0 Å². The van der Waals surface area contributed by atoms with E-state index in [0.29, 0.717) is 17.9 Å². The second-order valence-corrected chi connectivity index (χ2v) is 12.6. The van der Waals surface area contributed by atoms with Crippen LogP contribution in [0.4, 0.5) is 10.5 Å². The summed E-state index contributed by atoms with van der Waals surface area (Å²) in [6, 6.07) is 2.99. The molecule has 0 aromatic heterocycles. The van der Waals surface area contributed by atoms with Crippen LogP contribution < -0.4 is 20.3 Å². The molecule has 13 heteroatoms. The smallest absolute Gasteiger partial charge is 0.409 e. The van der Waals surface area contributed by atoms with Crippen molar-refractivity contribution in [2.24, 2.45) is 5.92 Å². The van der Waals surface area contributed by atoms with Crippen molar-refractivity contribution >= 4 is 35.3 Å². The standard InChI is InChI=1S/C32H44ClN3O9/c1-17-10-9-11-24(42-8)32(40)16-23(43-30(39)35-32)18(2)28-31(4,45-28)25(44-29(38)19(3)34-5)15-26(37)36(6)21-13-20(12-17)14-22(41-7)27(21)33/h9-11,13-14,18-19,23-25,28,34,40H,12,15-16H2,1-8H3,(H,35,39)/t18?,19-,23-,24+,25-,28?,31-,32-/m0/s1. The van der Waals surface area contributed by atoms with E-state index < -0.39 is 59.8 Å². The zero-order chi connectivity index (χ0) is 33.3. The molecule has 1 aromatic carbocycles. The molecule has 3 N–H and O–H groups in total. The first-order valence-electron chi connectivity index (χ1n) is 14.9. The quantitative estimate of drug-likeness (QED) is 0.321. The van der Waals surface area contributed by atoms with E-state index in [-0.39, 0.29) is 23.8 Å². The molecule has 0 spiro atoms. The molecular weight excluding hydrogens is 606 g/mol. The van der Waals surface area contributed by atoms with Crippen LogP contribution in [0.2, 0.25) is 5.02 Å². The second kappa shape index (κ2) is 13.7. The molecule has 3 heterocycles. The average Bonchev–Trinajstić information content (AvgIpc) is 3.69. The number of nitrogens with one attached hydrogen (secondary N) is 2. The molecule has 8 atom stereocenters. The van der Waals surface area contributed by atoms with Crippen LogP contribution in [0.5, 0.6) is 5.75 Å². The Morgan fingerprint density at radius 2 is 2.00 bits per heavy atom. The molecule has 4 bridgehead atoms. The van der Waals surface area contributed by atoms with Gasteiger partial charge in [-0.05, 0) is 51.9 Å². The number of methoxy groups -OCH3 is 2. The van der Waals surface area contributed by atoms with Crippen molar-refractivity contribution in [1.29, 1.82) is 0 Å². The van der Waals surface area contributed by atoms with Gasteiger partial charge in [0.05, 0.1) is 25.3 Å². The van der Waals surface area contributed by atoms with Gasteiger partial charge in [0.1, 0.15) is 40.7 Å². The fourth-order valence-electron chi connectivity index (χ4n) is 5.97. The van der Waals surface area contributed by atoms with Gasteiger partial charge in [-0.25, -0.2) is 4.79 Å². The van der Waals surface area contributed by atoms with E-state index >= 15 is 0 Å². The minimum Gasteiger partial charge on any atom is -0.495 e. The summed E-state index contributed by atoms with van der Waals surface area (Å²) < 4.78 is 28.8. The lowest BCUT2D eigenvalue weighted by molar-refractivity contribution is -0.155. The number of esters is 1. The maximum absolute atomic E-state index is 13.8. The summed E-state index contributed by atoms with van der Waals surface area (Å²) in [6.45, 7) is 7.17. The van der Waals surface area contributed by atoms with Crippen LogP contribution in [0.25, 0.3) is 0 Å². The van der Waals surface area contributed by atoms with Crippen molar-refractivity contribution in [2.45, 2.75) is 88.7 Å². The second-order valence-electron chi connectivity index (χ2n) is 12.2. The minimum absolute atomic E-state index is 0.00553.